The Kier molecular flexibility index (Phi) is 12.2. The molecule has 4 unspecified atom stereocenters. The molecule has 0 aliphatic carbocycles. The largest absolute Gasteiger partial charge is 0.481 e. The van der Waals surface area contributed by atoms with Crippen molar-refractivity contribution in [2.24, 2.45) is 5.92 Å². The predicted molar refractivity (Wildman–Crippen MR) is 212 cm³/mol. The van der Waals surface area contributed by atoms with Gasteiger partial charge in [-0.3, -0.25) is 9.59 Å². The average molecular weight is 755 g/mol. The molecule has 6 aromatic rings. The van der Waals surface area contributed by atoms with Gasteiger partial charge in [0.15, 0.2) is 12.1 Å². The van der Waals surface area contributed by atoms with E-state index >= 15 is 0 Å². The average Bonchev–Trinajstić information content (AvgIpc) is 3.67. The summed E-state index contributed by atoms with van der Waals surface area (Å²) in [5, 5.41) is 21.9. The van der Waals surface area contributed by atoms with Gasteiger partial charge in [0.05, 0.1) is 25.2 Å². The van der Waals surface area contributed by atoms with E-state index in [1.807, 2.05) is 133 Å². The van der Waals surface area contributed by atoms with Gasteiger partial charge in [0.25, 0.3) is 5.22 Å². The van der Waals surface area contributed by atoms with Crippen molar-refractivity contribution in [1.29, 1.82) is 0 Å². The molecule has 280 valence electrons. The molecule has 4 atom stereocenters. The van der Waals surface area contributed by atoms with Gasteiger partial charge < -0.3 is 29.4 Å². The lowest BCUT2D eigenvalue weighted by atomic mass is 9.91. The Morgan fingerprint density at radius 3 is 2.09 bits per heavy atom. The van der Waals surface area contributed by atoms with Crippen molar-refractivity contribution in [2.75, 3.05) is 5.75 Å². The molecular formula is C45H42N2O7S. The summed E-state index contributed by atoms with van der Waals surface area (Å²) in [6, 6.07) is 43.9. The lowest BCUT2D eigenvalue weighted by Crippen LogP contribution is -2.38. The number of aliphatic carboxylic acids is 1. The molecule has 1 aliphatic heterocycles. The molecule has 9 nitrogen and oxygen atoms in total. The summed E-state index contributed by atoms with van der Waals surface area (Å²) >= 11 is 1.52. The summed E-state index contributed by atoms with van der Waals surface area (Å²) in [5.74, 6) is -0.0177. The van der Waals surface area contributed by atoms with Crippen LogP contribution < -0.4 is 5.32 Å². The molecule has 2 heterocycles. The molecule has 7 rings (SSSR count). The van der Waals surface area contributed by atoms with Crippen LogP contribution >= 0.6 is 11.8 Å². The highest BCUT2D eigenvalue weighted by molar-refractivity contribution is 7.99. The van der Waals surface area contributed by atoms with Crippen molar-refractivity contribution < 1.29 is 33.7 Å². The van der Waals surface area contributed by atoms with Gasteiger partial charge in [-0.05, 0) is 33.9 Å². The van der Waals surface area contributed by atoms with Crippen LogP contribution in [0.25, 0.3) is 33.7 Å². The SMILES string of the molecule is CC1C(CSc2nc(-c3ccccc3)c(-c3ccccc3)o2)OC(c2ccc(-c3cccc(CNC(=O)CCC(=O)O)c3)cc2)OC1c1ccc(CO)cc1. The molecule has 3 N–H and O–H groups in total. The first kappa shape index (κ1) is 37.8. The van der Waals surface area contributed by atoms with Gasteiger partial charge in [-0.25, -0.2) is 4.98 Å². The Hall–Kier alpha value is -5.52. The monoisotopic (exact) mass is 754 g/mol. The van der Waals surface area contributed by atoms with E-state index in [4.69, 9.17) is 24.0 Å². The minimum atomic E-state index is -0.998. The van der Waals surface area contributed by atoms with E-state index in [0.717, 1.165) is 56.0 Å². The van der Waals surface area contributed by atoms with Crippen LogP contribution in [0.4, 0.5) is 0 Å². The number of ether oxygens (including phenoxy) is 2. The number of aliphatic hydroxyl groups is 1. The van der Waals surface area contributed by atoms with Crippen LogP contribution in [-0.2, 0) is 32.2 Å². The number of amides is 1. The third-order valence-electron chi connectivity index (χ3n) is 9.68. The quantitative estimate of drug-likeness (QED) is 0.0932. The van der Waals surface area contributed by atoms with Gasteiger partial charge in [0.1, 0.15) is 5.69 Å². The molecule has 1 aromatic heterocycles. The fourth-order valence-corrected chi connectivity index (χ4v) is 7.59. The summed E-state index contributed by atoms with van der Waals surface area (Å²) in [4.78, 5) is 27.8. The van der Waals surface area contributed by atoms with E-state index in [1.165, 1.54) is 11.8 Å². The van der Waals surface area contributed by atoms with E-state index < -0.39 is 12.3 Å². The van der Waals surface area contributed by atoms with Crippen LogP contribution in [0.15, 0.2) is 143 Å². The van der Waals surface area contributed by atoms with E-state index in [9.17, 15) is 14.7 Å². The minimum Gasteiger partial charge on any atom is -0.481 e. The molecule has 0 spiro atoms. The number of rotatable bonds is 14. The van der Waals surface area contributed by atoms with Crippen molar-refractivity contribution in [3.63, 3.8) is 0 Å². The maximum atomic E-state index is 12.1. The highest BCUT2D eigenvalue weighted by atomic mass is 32.2. The summed E-state index contributed by atoms with van der Waals surface area (Å²) in [7, 11) is 0. The number of carbonyl (C=O) groups excluding carboxylic acids is 1. The smallest absolute Gasteiger partial charge is 0.303 e. The Bertz CT molecular complexity index is 2130. The van der Waals surface area contributed by atoms with Crippen molar-refractivity contribution >= 4 is 23.6 Å². The van der Waals surface area contributed by atoms with Gasteiger partial charge >= 0.3 is 5.97 Å². The second-order valence-electron chi connectivity index (χ2n) is 13.5. The molecule has 5 aromatic carbocycles. The van der Waals surface area contributed by atoms with Gasteiger partial charge in [0.2, 0.25) is 5.91 Å². The van der Waals surface area contributed by atoms with Gasteiger partial charge in [0, 0.05) is 41.3 Å². The van der Waals surface area contributed by atoms with Crippen molar-refractivity contribution in [3.05, 3.63) is 156 Å². The number of benzene rings is 5. The maximum absolute atomic E-state index is 12.1. The summed E-state index contributed by atoms with van der Waals surface area (Å²) in [6.07, 6.45) is -1.40. The molecule has 1 saturated heterocycles. The first-order valence-electron chi connectivity index (χ1n) is 18.3. The Morgan fingerprint density at radius 2 is 1.40 bits per heavy atom. The second kappa shape index (κ2) is 17.7. The molecule has 0 radical (unpaired) electrons. The van der Waals surface area contributed by atoms with Crippen LogP contribution in [0.2, 0.25) is 0 Å². The van der Waals surface area contributed by atoms with Crippen molar-refractivity contribution in [1.82, 2.24) is 10.3 Å². The fraction of sp³-hybridized carbons (Fsp3) is 0.222. The van der Waals surface area contributed by atoms with E-state index in [1.54, 1.807) is 0 Å². The third kappa shape index (κ3) is 9.41. The van der Waals surface area contributed by atoms with Crippen LogP contribution in [0.1, 0.15) is 54.4 Å². The Balaban J connectivity index is 1.10. The predicted octanol–water partition coefficient (Wildman–Crippen LogP) is 9.23. The van der Waals surface area contributed by atoms with Crippen LogP contribution in [0, 0.1) is 5.92 Å². The topological polar surface area (TPSA) is 131 Å². The number of oxazole rings is 1. The van der Waals surface area contributed by atoms with Crippen LogP contribution in [0.3, 0.4) is 0 Å². The normalized spacial score (nSPS) is 18.1. The molecule has 0 saturated carbocycles. The zero-order chi connectivity index (χ0) is 38.1. The maximum Gasteiger partial charge on any atom is 0.303 e. The van der Waals surface area contributed by atoms with Crippen LogP contribution in [-0.4, -0.2) is 38.9 Å². The number of carbonyl (C=O) groups is 2. The zero-order valence-corrected chi connectivity index (χ0v) is 31.2. The molecule has 1 amide bonds. The highest BCUT2D eigenvalue weighted by Crippen LogP contribution is 2.44. The van der Waals surface area contributed by atoms with E-state index in [-0.39, 0.29) is 43.5 Å². The van der Waals surface area contributed by atoms with Gasteiger partial charge in [-0.2, -0.15) is 0 Å². The minimum absolute atomic E-state index is 0.0208. The highest BCUT2D eigenvalue weighted by Gasteiger charge is 2.38. The molecule has 0 bridgehead atoms. The van der Waals surface area contributed by atoms with Crippen LogP contribution in [0.5, 0.6) is 0 Å². The molecule has 1 fully saturated rings. The number of hydrogen-bond acceptors (Lipinski definition) is 8. The molecule has 1 aliphatic rings. The van der Waals surface area contributed by atoms with Crippen molar-refractivity contribution in [2.45, 2.75) is 56.6 Å². The standard InChI is InChI=1S/C45H42N2O7S/c1-29-38(28-55-45-47-41(33-10-4-2-5-11-33)43(54-45)34-12-6-3-7-13-34)52-44(53-42(29)35-17-15-30(27-48)16-18-35)36-21-19-32(20-22-36)37-14-8-9-31(25-37)26-46-39(49)23-24-40(50)51/h2-22,25,29,38,42,44,48H,23-24,26-28H2,1H3,(H,46,49)(H,50,51). The number of thioether (sulfide) groups is 1. The summed E-state index contributed by atoms with van der Waals surface area (Å²) < 4.78 is 19.9. The Morgan fingerprint density at radius 1 is 0.727 bits per heavy atom. The molecular weight excluding hydrogens is 713 g/mol. The first-order chi connectivity index (χ1) is 26.8. The Labute approximate surface area is 324 Å². The zero-order valence-electron chi connectivity index (χ0n) is 30.3. The number of nitrogens with one attached hydrogen (secondary N) is 1. The van der Waals surface area contributed by atoms with E-state index in [0.29, 0.717) is 17.5 Å². The fourth-order valence-electron chi connectivity index (χ4n) is 6.61. The lowest BCUT2D eigenvalue weighted by Gasteiger charge is -2.41. The number of carboxylic acids is 1. The third-order valence-corrected chi connectivity index (χ3v) is 10.6. The molecule has 55 heavy (non-hydrogen) atoms. The second-order valence-corrected chi connectivity index (χ2v) is 14.5. The van der Waals surface area contributed by atoms with Crippen molar-refractivity contribution in [3.8, 4) is 33.7 Å². The van der Waals surface area contributed by atoms with E-state index in [2.05, 4.69) is 12.2 Å². The number of carboxylic acid groups (broad SMARTS) is 1. The molecule has 10 heteroatoms. The summed E-state index contributed by atoms with van der Waals surface area (Å²) in [6.45, 7) is 2.41. The number of hydrogen-bond donors (Lipinski definition) is 3. The van der Waals surface area contributed by atoms with Gasteiger partial charge in [-0.15, -0.1) is 0 Å². The number of aliphatic hydroxyl groups excluding tert-OH is 1. The van der Waals surface area contributed by atoms with Gasteiger partial charge in [-0.1, -0.05) is 146 Å². The summed E-state index contributed by atoms with van der Waals surface area (Å²) in [5.41, 5.74) is 8.32. The number of nitrogens with zero attached hydrogens (tertiary/aromatic N) is 1. The lowest BCUT2D eigenvalue weighted by molar-refractivity contribution is -0.268. The first-order valence-corrected chi connectivity index (χ1v) is 19.3. The number of aromatic nitrogens is 1.